The highest BCUT2D eigenvalue weighted by Crippen LogP contribution is 2.26. The van der Waals surface area contributed by atoms with Gasteiger partial charge in [-0.1, -0.05) is 12.1 Å². The summed E-state index contributed by atoms with van der Waals surface area (Å²) < 4.78 is 13.2. The SMILES string of the molecule is CC(C)(C)N/C(=C(\C=N)c1ccc(N)cc1)c1ccc(F)cc1. The van der Waals surface area contributed by atoms with Gasteiger partial charge in [-0.25, -0.2) is 4.39 Å². The molecule has 2 aromatic carbocycles. The average Bonchev–Trinajstić information content (AvgIpc) is 2.48. The summed E-state index contributed by atoms with van der Waals surface area (Å²) in [7, 11) is 0. The molecule has 0 radical (unpaired) electrons. The monoisotopic (exact) mass is 311 g/mol. The summed E-state index contributed by atoms with van der Waals surface area (Å²) in [6.07, 6.45) is 1.31. The van der Waals surface area contributed by atoms with E-state index in [2.05, 4.69) is 5.32 Å². The molecule has 0 aromatic heterocycles. The first-order valence-corrected chi connectivity index (χ1v) is 7.45. The number of halogens is 1. The van der Waals surface area contributed by atoms with Crippen LogP contribution in [0.3, 0.4) is 0 Å². The summed E-state index contributed by atoms with van der Waals surface area (Å²) in [5.41, 5.74) is 9.44. The van der Waals surface area contributed by atoms with Gasteiger partial charge in [0.1, 0.15) is 5.82 Å². The van der Waals surface area contributed by atoms with E-state index in [1.54, 1.807) is 24.3 Å². The van der Waals surface area contributed by atoms with E-state index < -0.39 is 0 Å². The van der Waals surface area contributed by atoms with Crippen molar-refractivity contribution in [2.24, 2.45) is 0 Å². The molecular formula is C19H22FN3. The molecule has 0 aliphatic rings. The van der Waals surface area contributed by atoms with Crippen molar-refractivity contribution in [2.75, 3.05) is 5.73 Å². The van der Waals surface area contributed by atoms with Crippen LogP contribution in [0.25, 0.3) is 11.3 Å². The molecule has 3 nitrogen and oxygen atoms in total. The zero-order valence-electron chi connectivity index (χ0n) is 13.7. The predicted octanol–water partition coefficient (Wildman–Crippen LogP) is 4.31. The lowest BCUT2D eigenvalue weighted by Crippen LogP contribution is -2.35. The molecule has 2 aromatic rings. The van der Waals surface area contributed by atoms with E-state index in [4.69, 9.17) is 11.1 Å². The van der Waals surface area contributed by atoms with E-state index >= 15 is 0 Å². The van der Waals surface area contributed by atoms with Crippen LogP contribution in [-0.4, -0.2) is 11.8 Å². The van der Waals surface area contributed by atoms with Crippen LogP contribution >= 0.6 is 0 Å². The summed E-state index contributed by atoms with van der Waals surface area (Å²) >= 11 is 0. The van der Waals surface area contributed by atoms with E-state index in [0.717, 1.165) is 22.4 Å². The third kappa shape index (κ3) is 4.42. The highest BCUT2D eigenvalue weighted by molar-refractivity contribution is 6.18. The lowest BCUT2D eigenvalue weighted by Gasteiger charge is -2.26. The number of hydrogen-bond donors (Lipinski definition) is 3. The molecule has 0 unspecified atom stereocenters. The second-order valence-electron chi connectivity index (χ2n) is 6.44. The van der Waals surface area contributed by atoms with Gasteiger partial charge in [0.2, 0.25) is 0 Å². The molecule has 4 N–H and O–H groups in total. The van der Waals surface area contributed by atoms with Crippen LogP contribution < -0.4 is 11.1 Å². The van der Waals surface area contributed by atoms with Crippen LogP contribution in [-0.2, 0) is 0 Å². The minimum absolute atomic E-state index is 0.203. The van der Waals surface area contributed by atoms with Crippen molar-refractivity contribution in [1.82, 2.24) is 5.32 Å². The van der Waals surface area contributed by atoms with Crippen LogP contribution in [0.1, 0.15) is 31.9 Å². The largest absolute Gasteiger partial charge is 0.399 e. The lowest BCUT2D eigenvalue weighted by atomic mass is 9.97. The van der Waals surface area contributed by atoms with Gasteiger partial charge in [-0.05, 0) is 68.3 Å². The molecular weight excluding hydrogens is 289 g/mol. The normalized spacial score (nSPS) is 12.5. The van der Waals surface area contributed by atoms with Crippen LogP contribution in [0.2, 0.25) is 0 Å². The van der Waals surface area contributed by atoms with E-state index in [1.165, 1.54) is 18.3 Å². The summed E-state index contributed by atoms with van der Waals surface area (Å²) in [6.45, 7) is 6.13. The van der Waals surface area contributed by atoms with Gasteiger partial charge < -0.3 is 16.5 Å². The van der Waals surface area contributed by atoms with E-state index in [1.807, 2.05) is 32.9 Å². The summed E-state index contributed by atoms with van der Waals surface area (Å²) in [6, 6.07) is 13.6. The molecule has 0 saturated carbocycles. The molecule has 0 aliphatic carbocycles. The second-order valence-corrected chi connectivity index (χ2v) is 6.44. The lowest BCUT2D eigenvalue weighted by molar-refractivity contribution is 0.502. The van der Waals surface area contributed by atoms with Crippen molar-refractivity contribution < 1.29 is 4.39 Å². The van der Waals surface area contributed by atoms with Crippen LogP contribution in [0.5, 0.6) is 0 Å². The maximum absolute atomic E-state index is 13.2. The van der Waals surface area contributed by atoms with Gasteiger partial charge in [0, 0.05) is 23.0 Å². The standard InChI is InChI=1S/C19H22FN3/c1-19(2,3)23-18(14-4-8-15(20)9-5-14)17(12-21)13-6-10-16(22)11-7-13/h4-12,21,23H,22H2,1-3H3/b18-17+,21-12?. The van der Waals surface area contributed by atoms with Gasteiger partial charge in [-0.2, -0.15) is 0 Å². The molecule has 0 heterocycles. The van der Waals surface area contributed by atoms with E-state index in [0.29, 0.717) is 5.69 Å². The molecule has 0 bridgehead atoms. The molecule has 4 heteroatoms. The second kappa shape index (κ2) is 6.65. The third-order valence-electron chi connectivity index (χ3n) is 3.27. The Morgan fingerprint density at radius 2 is 1.52 bits per heavy atom. The van der Waals surface area contributed by atoms with Crippen molar-refractivity contribution >= 4 is 23.2 Å². The zero-order valence-corrected chi connectivity index (χ0v) is 13.7. The maximum Gasteiger partial charge on any atom is 0.123 e. The Balaban J connectivity index is 2.62. The van der Waals surface area contributed by atoms with Crippen molar-refractivity contribution in [3.8, 4) is 0 Å². The molecule has 0 atom stereocenters. The summed E-state index contributed by atoms with van der Waals surface area (Å²) in [5.74, 6) is -0.284. The van der Waals surface area contributed by atoms with Gasteiger partial charge in [-0.15, -0.1) is 0 Å². The number of nitrogen functional groups attached to an aromatic ring is 1. The number of nitrogens with two attached hydrogens (primary N) is 1. The Hall–Kier alpha value is -2.62. The van der Waals surface area contributed by atoms with Crippen molar-refractivity contribution in [3.05, 3.63) is 65.5 Å². The van der Waals surface area contributed by atoms with Crippen molar-refractivity contribution in [3.63, 3.8) is 0 Å². The number of nitrogens with one attached hydrogen (secondary N) is 2. The molecule has 2 rings (SSSR count). The molecule has 0 amide bonds. The number of anilines is 1. The highest BCUT2D eigenvalue weighted by Gasteiger charge is 2.17. The van der Waals surface area contributed by atoms with E-state index in [-0.39, 0.29) is 11.4 Å². The van der Waals surface area contributed by atoms with Crippen molar-refractivity contribution in [1.29, 1.82) is 5.41 Å². The Morgan fingerprint density at radius 1 is 1.00 bits per heavy atom. The van der Waals surface area contributed by atoms with Crippen LogP contribution in [0.4, 0.5) is 10.1 Å². The van der Waals surface area contributed by atoms with Gasteiger partial charge in [0.05, 0.1) is 5.70 Å². The highest BCUT2D eigenvalue weighted by atomic mass is 19.1. The Morgan fingerprint density at radius 3 is 2.00 bits per heavy atom. The number of hydrogen-bond acceptors (Lipinski definition) is 3. The summed E-state index contributed by atoms with van der Waals surface area (Å²) in [4.78, 5) is 0. The fraction of sp³-hybridized carbons (Fsp3) is 0.211. The first-order chi connectivity index (χ1) is 10.8. The van der Waals surface area contributed by atoms with Crippen molar-refractivity contribution in [2.45, 2.75) is 26.3 Å². The third-order valence-corrected chi connectivity index (χ3v) is 3.27. The fourth-order valence-corrected chi connectivity index (χ4v) is 2.25. The van der Waals surface area contributed by atoms with E-state index in [9.17, 15) is 4.39 Å². The number of allylic oxidation sites excluding steroid dienone is 1. The van der Waals surface area contributed by atoms with Gasteiger partial charge in [-0.3, -0.25) is 0 Å². The molecule has 0 fully saturated rings. The molecule has 120 valence electrons. The van der Waals surface area contributed by atoms with Crippen LogP contribution in [0.15, 0.2) is 48.5 Å². The minimum atomic E-state index is -0.284. The Bertz CT molecular complexity index is 708. The topological polar surface area (TPSA) is 61.9 Å². The molecule has 23 heavy (non-hydrogen) atoms. The molecule has 0 spiro atoms. The zero-order chi connectivity index (χ0) is 17.0. The first kappa shape index (κ1) is 16.7. The van der Waals surface area contributed by atoms with Gasteiger partial charge >= 0.3 is 0 Å². The Labute approximate surface area is 136 Å². The number of rotatable bonds is 4. The first-order valence-electron chi connectivity index (χ1n) is 7.45. The van der Waals surface area contributed by atoms with Crippen LogP contribution in [0, 0.1) is 11.2 Å². The van der Waals surface area contributed by atoms with Gasteiger partial charge in [0.25, 0.3) is 0 Å². The summed E-state index contributed by atoms with van der Waals surface area (Å²) in [5, 5.41) is 11.3. The predicted molar refractivity (Wildman–Crippen MR) is 95.7 cm³/mol. The average molecular weight is 311 g/mol. The quantitative estimate of drug-likeness (QED) is 0.447. The number of benzene rings is 2. The molecule has 0 aliphatic heterocycles. The fourth-order valence-electron chi connectivity index (χ4n) is 2.25. The Kier molecular flexibility index (Phi) is 4.84. The molecule has 0 saturated heterocycles. The van der Waals surface area contributed by atoms with Gasteiger partial charge in [0.15, 0.2) is 0 Å². The maximum atomic E-state index is 13.2. The minimum Gasteiger partial charge on any atom is -0.399 e. The smallest absolute Gasteiger partial charge is 0.123 e.